The van der Waals surface area contributed by atoms with Gasteiger partial charge in [-0.3, -0.25) is 5.41 Å². The van der Waals surface area contributed by atoms with E-state index in [9.17, 15) is 8.78 Å². The van der Waals surface area contributed by atoms with E-state index in [0.717, 1.165) is 30.0 Å². The molecule has 3 nitrogen and oxygen atoms in total. The molecule has 0 saturated carbocycles. The molecule has 0 aliphatic heterocycles. The van der Waals surface area contributed by atoms with Gasteiger partial charge < -0.3 is 5.73 Å². The van der Waals surface area contributed by atoms with Gasteiger partial charge in [-0.25, -0.2) is 13.8 Å². The van der Waals surface area contributed by atoms with Gasteiger partial charge in [0.25, 0.3) is 0 Å². The highest BCUT2D eigenvalue weighted by atomic mass is 32.2. The smallest absolute Gasteiger partial charge is 0.137 e. The number of aromatic nitrogens is 1. The number of nitrogens with zero attached hydrogens (tertiary/aromatic N) is 1. The van der Waals surface area contributed by atoms with E-state index in [-0.39, 0.29) is 10.7 Å². The fraction of sp³-hybridized carbons (Fsp3) is 0. The predicted octanol–water partition coefficient (Wildman–Crippen LogP) is 2.80. The van der Waals surface area contributed by atoms with Gasteiger partial charge in [0.05, 0.1) is 4.90 Å². The molecule has 0 bridgehead atoms. The second kappa shape index (κ2) is 5.14. The van der Waals surface area contributed by atoms with Crippen molar-refractivity contribution in [2.24, 2.45) is 5.73 Å². The Labute approximate surface area is 107 Å². The van der Waals surface area contributed by atoms with E-state index in [2.05, 4.69) is 4.98 Å². The van der Waals surface area contributed by atoms with Gasteiger partial charge in [0.1, 0.15) is 22.5 Å². The Morgan fingerprint density at radius 3 is 2.78 bits per heavy atom. The van der Waals surface area contributed by atoms with Gasteiger partial charge in [0.15, 0.2) is 0 Å². The first-order valence-electron chi connectivity index (χ1n) is 5.00. The van der Waals surface area contributed by atoms with Crippen LogP contribution in [0.15, 0.2) is 46.5 Å². The van der Waals surface area contributed by atoms with Crippen molar-refractivity contribution in [1.29, 1.82) is 5.41 Å². The average Bonchev–Trinajstić information content (AvgIpc) is 2.34. The predicted molar refractivity (Wildman–Crippen MR) is 65.7 cm³/mol. The minimum Gasteiger partial charge on any atom is -0.384 e. The van der Waals surface area contributed by atoms with E-state index in [1.807, 2.05) is 0 Å². The van der Waals surface area contributed by atoms with Crippen LogP contribution >= 0.6 is 11.8 Å². The number of benzene rings is 1. The lowest BCUT2D eigenvalue weighted by molar-refractivity contribution is 0.577. The lowest BCUT2D eigenvalue weighted by Crippen LogP contribution is -2.12. The van der Waals surface area contributed by atoms with Gasteiger partial charge in [0.2, 0.25) is 0 Å². The lowest BCUT2D eigenvalue weighted by atomic mass is 10.3. The molecule has 0 aliphatic carbocycles. The maximum Gasteiger partial charge on any atom is 0.137 e. The Kier molecular flexibility index (Phi) is 3.57. The van der Waals surface area contributed by atoms with Crippen LogP contribution in [-0.4, -0.2) is 10.8 Å². The van der Waals surface area contributed by atoms with Gasteiger partial charge in [0, 0.05) is 11.8 Å². The molecule has 0 fully saturated rings. The Bertz CT molecular complexity index is 602. The topological polar surface area (TPSA) is 62.8 Å². The molecule has 0 spiro atoms. The average molecular weight is 265 g/mol. The number of nitrogen functional groups attached to an aromatic ring is 1. The number of pyridine rings is 1. The Morgan fingerprint density at radius 2 is 2.06 bits per heavy atom. The van der Waals surface area contributed by atoms with Crippen molar-refractivity contribution in [3.05, 3.63) is 53.7 Å². The molecule has 0 amide bonds. The van der Waals surface area contributed by atoms with Crippen molar-refractivity contribution >= 4 is 17.6 Å². The molecule has 0 unspecified atom stereocenters. The van der Waals surface area contributed by atoms with E-state index in [0.29, 0.717) is 10.6 Å². The number of nitrogens with two attached hydrogens (primary N) is 1. The number of nitrogens with one attached hydrogen (secondary N) is 1. The van der Waals surface area contributed by atoms with Crippen molar-refractivity contribution in [2.45, 2.75) is 9.92 Å². The number of amidine groups is 1. The number of hydrogen-bond donors (Lipinski definition) is 2. The van der Waals surface area contributed by atoms with Crippen LogP contribution in [0.2, 0.25) is 0 Å². The summed E-state index contributed by atoms with van der Waals surface area (Å²) >= 11 is 0.936. The first-order valence-corrected chi connectivity index (χ1v) is 5.82. The summed E-state index contributed by atoms with van der Waals surface area (Å²) in [5.74, 6) is -1.23. The summed E-state index contributed by atoms with van der Waals surface area (Å²) in [6.45, 7) is 0. The normalized spacial score (nSPS) is 10.3. The summed E-state index contributed by atoms with van der Waals surface area (Å²) in [4.78, 5) is 4.13. The van der Waals surface area contributed by atoms with Gasteiger partial charge in [-0.2, -0.15) is 0 Å². The first-order chi connectivity index (χ1) is 8.58. The maximum absolute atomic E-state index is 13.5. The number of halogens is 2. The van der Waals surface area contributed by atoms with Crippen LogP contribution in [0.25, 0.3) is 0 Å². The summed E-state index contributed by atoms with van der Waals surface area (Å²) < 4.78 is 26.5. The second-order valence-electron chi connectivity index (χ2n) is 3.45. The molecule has 6 heteroatoms. The van der Waals surface area contributed by atoms with E-state index >= 15 is 0 Å². The SMILES string of the molecule is N=C(N)c1cccnc1Sc1cc(F)ccc1F. The highest BCUT2D eigenvalue weighted by Crippen LogP contribution is 2.30. The molecule has 2 rings (SSSR count). The van der Waals surface area contributed by atoms with Crippen molar-refractivity contribution in [2.75, 3.05) is 0 Å². The molecule has 3 N–H and O–H groups in total. The molecule has 18 heavy (non-hydrogen) atoms. The van der Waals surface area contributed by atoms with Gasteiger partial charge in [-0.05, 0) is 30.3 Å². The zero-order chi connectivity index (χ0) is 13.1. The monoisotopic (exact) mass is 265 g/mol. The maximum atomic E-state index is 13.5. The molecule has 1 aromatic carbocycles. The van der Waals surface area contributed by atoms with Gasteiger partial charge in [-0.1, -0.05) is 11.8 Å². The standard InChI is InChI=1S/C12H9F2N3S/c13-7-3-4-9(14)10(6-7)18-12-8(11(15)16)2-1-5-17-12/h1-6H,(H3,15,16). The van der Waals surface area contributed by atoms with E-state index in [1.165, 1.54) is 6.20 Å². The molecule has 92 valence electrons. The summed E-state index contributed by atoms with van der Waals surface area (Å²) in [7, 11) is 0. The fourth-order valence-electron chi connectivity index (χ4n) is 1.34. The molecule has 0 radical (unpaired) electrons. The van der Waals surface area contributed by atoms with E-state index in [4.69, 9.17) is 11.1 Å². The summed E-state index contributed by atoms with van der Waals surface area (Å²) in [5.41, 5.74) is 5.79. The molecular formula is C12H9F2N3S. The Balaban J connectivity index is 2.40. The molecule has 1 heterocycles. The van der Waals surface area contributed by atoms with Crippen LogP contribution in [-0.2, 0) is 0 Å². The molecular weight excluding hydrogens is 256 g/mol. The van der Waals surface area contributed by atoms with Gasteiger partial charge in [-0.15, -0.1) is 0 Å². The number of rotatable bonds is 3. The fourth-order valence-corrected chi connectivity index (χ4v) is 2.28. The zero-order valence-electron chi connectivity index (χ0n) is 9.15. The van der Waals surface area contributed by atoms with E-state index in [1.54, 1.807) is 12.1 Å². The zero-order valence-corrected chi connectivity index (χ0v) is 9.97. The van der Waals surface area contributed by atoms with E-state index < -0.39 is 11.6 Å². The third-order valence-corrected chi connectivity index (χ3v) is 3.21. The van der Waals surface area contributed by atoms with Crippen LogP contribution in [0.5, 0.6) is 0 Å². The van der Waals surface area contributed by atoms with Crippen LogP contribution in [0.3, 0.4) is 0 Å². The Hall–Kier alpha value is -1.95. The summed E-state index contributed by atoms with van der Waals surface area (Å²) in [5, 5.41) is 7.76. The first kappa shape index (κ1) is 12.5. The van der Waals surface area contributed by atoms with Crippen molar-refractivity contribution in [3.8, 4) is 0 Å². The molecule has 0 atom stereocenters. The molecule has 0 saturated heterocycles. The third kappa shape index (κ3) is 2.65. The lowest BCUT2D eigenvalue weighted by Gasteiger charge is -2.07. The summed E-state index contributed by atoms with van der Waals surface area (Å²) in [6, 6.07) is 6.41. The number of hydrogen-bond acceptors (Lipinski definition) is 3. The highest BCUT2D eigenvalue weighted by Gasteiger charge is 2.11. The van der Waals surface area contributed by atoms with Crippen LogP contribution in [0.4, 0.5) is 8.78 Å². The largest absolute Gasteiger partial charge is 0.384 e. The third-order valence-electron chi connectivity index (χ3n) is 2.16. The minimum absolute atomic E-state index is 0.108. The molecule has 1 aromatic heterocycles. The van der Waals surface area contributed by atoms with Gasteiger partial charge >= 0.3 is 0 Å². The molecule has 2 aromatic rings. The van der Waals surface area contributed by atoms with Crippen LogP contribution in [0.1, 0.15) is 5.56 Å². The van der Waals surface area contributed by atoms with Crippen LogP contribution < -0.4 is 5.73 Å². The second-order valence-corrected chi connectivity index (χ2v) is 4.48. The van der Waals surface area contributed by atoms with Crippen LogP contribution in [0, 0.1) is 17.0 Å². The summed E-state index contributed by atoms with van der Waals surface area (Å²) in [6.07, 6.45) is 1.51. The van der Waals surface area contributed by atoms with Crippen molar-refractivity contribution in [3.63, 3.8) is 0 Å². The molecule has 0 aliphatic rings. The van der Waals surface area contributed by atoms with Crippen molar-refractivity contribution in [1.82, 2.24) is 4.98 Å². The van der Waals surface area contributed by atoms with Crippen molar-refractivity contribution < 1.29 is 8.78 Å². The Morgan fingerprint density at radius 1 is 1.28 bits per heavy atom. The highest BCUT2D eigenvalue weighted by molar-refractivity contribution is 7.99. The minimum atomic E-state index is -0.540. The quantitative estimate of drug-likeness (QED) is 0.662.